The summed E-state index contributed by atoms with van der Waals surface area (Å²) in [6.45, 7) is -0.413. The van der Waals surface area contributed by atoms with Gasteiger partial charge in [0.2, 0.25) is 0 Å². The first-order chi connectivity index (χ1) is 15.1. The molecule has 0 aliphatic heterocycles. The van der Waals surface area contributed by atoms with Gasteiger partial charge in [0.15, 0.2) is 6.61 Å². The third-order valence-corrected chi connectivity index (χ3v) is 4.69. The highest BCUT2D eigenvalue weighted by molar-refractivity contribution is 5.98. The number of carbonyl (C=O) groups is 3. The Morgan fingerprint density at radius 1 is 1.06 bits per heavy atom. The first kappa shape index (κ1) is 20.3. The second kappa shape index (κ2) is 9.25. The molecule has 158 valence electrons. The molecule has 4 rings (SSSR count). The molecule has 1 fully saturated rings. The van der Waals surface area contributed by atoms with E-state index in [0.717, 1.165) is 18.5 Å². The number of para-hydroxylation sites is 1. The Morgan fingerprint density at radius 2 is 1.87 bits per heavy atom. The van der Waals surface area contributed by atoms with Gasteiger partial charge in [-0.25, -0.2) is 4.68 Å². The van der Waals surface area contributed by atoms with Crippen LogP contribution >= 0.6 is 0 Å². The van der Waals surface area contributed by atoms with Crippen LogP contribution in [-0.4, -0.2) is 40.2 Å². The van der Waals surface area contributed by atoms with Gasteiger partial charge in [0, 0.05) is 29.1 Å². The monoisotopic (exact) mass is 418 g/mol. The number of aromatic nitrogens is 2. The van der Waals surface area contributed by atoms with E-state index in [2.05, 4.69) is 15.7 Å². The number of ether oxygens (including phenoxy) is 1. The van der Waals surface area contributed by atoms with Gasteiger partial charge in [-0.15, -0.1) is 0 Å². The van der Waals surface area contributed by atoms with E-state index in [1.54, 1.807) is 41.3 Å². The van der Waals surface area contributed by atoms with Gasteiger partial charge in [0.05, 0.1) is 18.3 Å². The SMILES string of the molecule is O=C(COC(=O)Cc1cnn(-c2ccccc2)c1)Nc1cccc(C(=O)NC2CC2)c1. The number of hydrogen-bond acceptors (Lipinski definition) is 5. The van der Waals surface area contributed by atoms with Gasteiger partial charge in [-0.1, -0.05) is 24.3 Å². The molecule has 8 heteroatoms. The second-order valence-electron chi connectivity index (χ2n) is 7.34. The maximum Gasteiger partial charge on any atom is 0.310 e. The molecular formula is C23H22N4O4. The van der Waals surface area contributed by atoms with Crippen molar-refractivity contribution in [2.75, 3.05) is 11.9 Å². The molecule has 1 aromatic heterocycles. The molecule has 0 unspecified atom stereocenters. The average Bonchev–Trinajstić information content (AvgIpc) is 3.47. The highest BCUT2D eigenvalue weighted by Crippen LogP contribution is 2.20. The number of carbonyl (C=O) groups excluding carboxylic acids is 3. The number of benzene rings is 2. The number of hydrogen-bond donors (Lipinski definition) is 2. The van der Waals surface area contributed by atoms with Crippen LogP contribution in [0.2, 0.25) is 0 Å². The maximum atomic E-state index is 12.1. The number of amides is 2. The largest absolute Gasteiger partial charge is 0.455 e. The molecule has 2 amide bonds. The molecule has 0 atom stereocenters. The van der Waals surface area contributed by atoms with E-state index in [0.29, 0.717) is 16.8 Å². The van der Waals surface area contributed by atoms with Crippen molar-refractivity contribution in [2.24, 2.45) is 0 Å². The van der Waals surface area contributed by atoms with Crippen LogP contribution in [0.5, 0.6) is 0 Å². The van der Waals surface area contributed by atoms with Crippen LogP contribution < -0.4 is 10.6 Å². The molecule has 0 bridgehead atoms. The number of esters is 1. The third-order valence-electron chi connectivity index (χ3n) is 4.69. The Balaban J connectivity index is 1.25. The van der Waals surface area contributed by atoms with Gasteiger partial charge < -0.3 is 15.4 Å². The van der Waals surface area contributed by atoms with E-state index >= 15 is 0 Å². The highest BCUT2D eigenvalue weighted by Gasteiger charge is 2.23. The molecule has 0 spiro atoms. The first-order valence-electron chi connectivity index (χ1n) is 10.0. The number of nitrogens with one attached hydrogen (secondary N) is 2. The Hall–Kier alpha value is -3.94. The fraction of sp³-hybridized carbons (Fsp3) is 0.217. The van der Waals surface area contributed by atoms with Gasteiger partial charge in [-0.2, -0.15) is 5.10 Å². The van der Waals surface area contributed by atoms with Gasteiger partial charge >= 0.3 is 5.97 Å². The summed E-state index contributed by atoms with van der Waals surface area (Å²) in [5.74, 6) is -1.17. The van der Waals surface area contributed by atoms with Gasteiger partial charge in [0.1, 0.15) is 0 Å². The van der Waals surface area contributed by atoms with E-state index in [-0.39, 0.29) is 18.4 Å². The zero-order valence-electron chi connectivity index (χ0n) is 16.8. The summed E-state index contributed by atoms with van der Waals surface area (Å²) in [4.78, 5) is 36.3. The minimum Gasteiger partial charge on any atom is -0.455 e. The van der Waals surface area contributed by atoms with E-state index in [1.807, 2.05) is 30.3 Å². The molecule has 1 saturated carbocycles. The summed E-state index contributed by atoms with van der Waals surface area (Å²) in [7, 11) is 0. The zero-order chi connectivity index (χ0) is 21.6. The average molecular weight is 418 g/mol. The topological polar surface area (TPSA) is 102 Å². The summed E-state index contributed by atoms with van der Waals surface area (Å²) >= 11 is 0. The normalized spacial score (nSPS) is 12.8. The quantitative estimate of drug-likeness (QED) is 0.547. The Labute approximate surface area is 179 Å². The number of rotatable bonds is 8. The zero-order valence-corrected chi connectivity index (χ0v) is 16.8. The summed E-state index contributed by atoms with van der Waals surface area (Å²) in [5, 5.41) is 9.77. The van der Waals surface area contributed by atoms with Crippen LogP contribution in [0.25, 0.3) is 5.69 Å². The van der Waals surface area contributed by atoms with Crippen molar-refractivity contribution in [3.8, 4) is 5.69 Å². The van der Waals surface area contributed by atoms with Crippen molar-refractivity contribution < 1.29 is 19.1 Å². The highest BCUT2D eigenvalue weighted by atomic mass is 16.5. The molecule has 0 radical (unpaired) electrons. The van der Waals surface area contributed by atoms with E-state index < -0.39 is 18.5 Å². The standard InChI is InChI=1S/C23H22N4O4/c28-21(25-19-6-4-5-17(12-19)23(30)26-18-9-10-18)15-31-22(29)11-16-13-24-27(14-16)20-7-2-1-3-8-20/h1-8,12-14,18H,9-11,15H2,(H,25,28)(H,26,30). The predicted octanol–water partition coefficient (Wildman–Crippen LogP) is 2.49. The molecule has 2 aromatic carbocycles. The number of anilines is 1. The van der Waals surface area contributed by atoms with Gasteiger partial charge in [-0.05, 0) is 43.2 Å². The van der Waals surface area contributed by atoms with Crippen molar-refractivity contribution in [3.63, 3.8) is 0 Å². The maximum absolute atomic E-state index is 12.1. The molecule has 1 aliphatic rings. The Morgan fingerprint density at radius 3 is 2.65 bits per heavy atom. The Kier molecular flexibility index (Phi) is 6.07. The molecular weight excluding hydrogens is 396 g/mol. The fourth-order valence-corrected chi connectivity index (χ4v) is 2.97. The van der Waals surface area contributed by atoms with Crippen LogP contribution in [0, 0.1) is 0 Å². The lowest BCUT2D eigenvalue weighted by atomic mass is 10.2. The van der Waals surface area contributed by atoms with Crippen molar-refractivity contribution in [2.45, 2.75) is 25.3 Å². The summed E-state index contributed by atoms with van der Waals surface area (Å²) < 4.78 is 6.73. The molecule has 8 nitrogen and oxygen atoms in total. The third kappa shape index (κ3) is 5.79. The first-order valence-corrected chi connectivity index (χ1v) is 10.0. The van der Waals surface area contributed by atoms with Crippen LogP contribution in [0.4, 0.5) is 5.69 Å². The van der Waals surface area contributed by atoms with E-state index in [9.17, 15) is 14.4 Å². The molecule has 1 aliphatic carbocycles. The van der Waals surface area contributed by atoms with Gasteiger partial charge in [0.25, 0.3) is 11.8 Å². The molecule has 1 heterocycles. The molecule has 3 aromatic rings. The van der Waals surface area contributed by atoms with E-state index in [4.69, 9.17) is 4.74 Å². The van der Waals surface area contributed by atoms with Crippen molar-refractivity contribution >= 4 is 23.5 Å². The lowest BCUT2D eigenvalue weighted by Gasteiger charge is -2.08. The number of nitrogens with zero attached hydrogens (tertiary/aromatic N) is 2. The van der Waals surface area contributed by atoms with Crippen LogP contribution in [-0.2, 0) is 20.7 Å². The second-order valence-corrected chi connectivity index (χ2v) is 7.34. The Bertz CT molecular complexity index is 1090. The lowest BCUT2D eigenvalue weighted by Crippen LogP contribution is -2.25. The summed E-state index contributed by atoms with van der Waals surface area (Å²) in [5.41, 5.74) is 2.50. The molecule has 2 N–H and O–H groups in total. The molecule has 0 saturated heterocycles. The predicted molar refractivity (Wildman–Crippen MR) is 114 cm³/mol. The minimum atomic E-state index is -0.527. The van der Waals surface area contributed by atoms with Crippen molar-refractivity contribution in [1.29, 1.82) is 0 Å². The fourth-order valence-electron chi connectivity index (χ4n) is 2.97. The summed E-state index contributed by atoms with van der Waals surface area (Å²) in [6.07, 6.45) is 5.35. The van der Waals surface area contributed by atoms with E-state index in [1.165, 1.54) is 0 Å². The lowest BCUT2D eigenvalue weighted by molar-refractivity contribution is -0.146. The minimum absolute atomic E-state index is 0.0108. The van der Waals surface area contributed by atoms with Gasteiger partial charge in [-0.3, -0.25) is 14.4 Å². The van der Waals surface area contributed by atoms with Crippen molar-refractivity contribution in [3.05, 3.63) is 78.1 Å². The smallest absolute Gasteiger partial charge is 0.310 e. The summed E-state index contributed by atoms with van der Waals surface area (Å²) in [6, 6.07) is 16.4. The van der Waals surface area contributed by atoms with Crippen LogP contribution in [0.3, 0.4) is 0 Å². The molecule has 31 heavy (non-hydrogen) atoms. The van der Waals surface area contributed by atoms with Crippen LogP contribution in [0.15, 0.2) is 67.0 Å². The van der Waals surface area contributed by atoms with Crippen LogP contribution in [0.1, 0.15) is 28.8 Å². The van der Waals surface area contributed by atoms with Crippen molar-refractivity contribution in [1.82, 2.24) is 15.1 Å².